The number of halogens is 2. The van der Waals surface area contributed by atoms with Crippen LogP contribution in [0.2, 0.25) is 0 Å². The first-order valence-corrected chi connectivity index (χ1v) is 7.66. The quantitative estimate of drug-likeness (QED) is 0.912. The third kappa shape index (κ3) is 3.99. The Bertz CT molecular complexity index is 726. The van der Waals surface area contributed by atoms with Crippen LogP contribution in [0.5, 0.6) is 0 Å². The van der Waals surface area contributed by atoms with Crippen LogP contribution in [0.4, 0.5) is 14.5 Å². The van der Waals surface area contributed by atoms with Crippen LogP contribution in [0, 0.1) is 11.6 Å². The number of anilines is 1. The van der Waals surface area contributed by atoms with Crippen LogP contribution in [0.25, 0.3) is 0 Å². The van der Waals surface area contributed by atoms with Gasteiger partial charge in [-0.3, -0.25) is 0 Å². The summed E-state index contributed by atoms with van der Waals surface area (Å²) in [4.78, 5) is -0.00231. The lowest BCUT2D eigenvalue weighted by molar-refractivity contribution is 0.577. The van der Waals surface area contributed by atoms with Gasteiger partial charge in [0.05, 0.1) is 4.90 Å². The Labute approximate surface area is 121 Å². The molecule has 21 heavy (non-hydrogen) atoms. The van der Waals surface area contributed by atoms with E-state index in [1.807, 2.05) is 0 Å². The smallest absolute Gasteiger partial charge is 0.238 e. The predicted octanol–water partition coefficient (Wildman–Crippen LogP) is 2.79. The lowest BCUT2D eigenvalue weighted by Crippen LogP contribution is -2.12. The lowest BCUT2D eigenvalue weighted by Gasteiger charge is -2.16. The molecule has 0 bridgehead atoms. The summed E-state index contributed by atoms with van der Waals surface area (Å²) in [6, 6.07) is 8.71. The van der Waals surface area contributed by atoms with Crippen LogP contribution in [-0.2, 0) is 10.0 Å². The molecule has 2 rings (SSSR count). The second-order valence-corrected chi connectivity index (χ2v) is 6.20. The van der Waals surface area contributed by atoms with E-state index in [-0.39, 0.29) is 10.9 Å². The molecular weight excluding hydrogens is 298 g/mol. The Morgan fingerprint density at radius 1 is 1.05 bits per heavy atom. The molecule has 3 N–H and O–H groups in total. The van der Waals surface area contributed by atoms with Crippen LogP contribution < -0.4 is 10.5 Å². The summed E-state index contributed by atoms with van der Waals surface area (Å²) in [5.74, 6) is -1.30. The monoisotopic (exact) mass is 312 g/mol. The molecule has 0 aliphatic heterocycles. The van der Waals surface area contributed by atoms with Crippen LogP contribution in [0.3, 0.4) is 0 Å². The number of primary sulfonamides is 1. The fourth-order valence-corrected chi connectivity index (χ4v) is 2.41. The second-order valence-electron chi connectivity index (χ2n) is 4.64. The Hall–Kier alpha value is -1.99. The number of rotatable bonds is 4. The zero-order valence-corrected chi connectivity index (χ0v) is 12.0. The predicted molar refractivity (Wildman–Crippen MR) is 76.2 cm³/mol. The van der Waals surface area contributed by atoms with Gasteiger partial charge in [-0.1, -0.05) is 0 Å². The molecule has 0 radical (unpaired) electrons. The molecule has 0 saturated carbocycles. The maximum atomic E-state index is 13.2. The van der Waals surface area contributed by atoms with Gasteiger partial charge in [0.25, 0.3) is 0 Å². The maximum Gasteiger partial charge on any atom is 0.238 e. The molecule has 0 spiro atoms. The van der Waals surface area contributed by atoms with E-state index in [1.165, 1.54) is 36.4 Å². The highest BCUT2D eigenvalue weighted by molar-refractivity contribution is 7.89. The average molecular weight is 312 g/mol. The number of hydrogen-bond donors (Lipinski definition) is 2. The third-order valence-electron chi connectivity index (χ3n) is 2.95. The summed E-state index contributed by atoms with van der Waals surface area (Å²) < 4.78 is 48.6. The highest BCUT2D eigenvalue weighted by Gasteiger charge is 2.10. The van der Waals surface area contributed by atoms with Gasteiger partial charge in [0.15, 0.2) is 0 Å². The number of nitrogens with two attached hydrogens (primary N) is 1. The molecule has 0 aliphatic carbocycles. The first-order valence-electron chi connectivity index (χ1n) is 6.11. The Kier molecular flexibility index (Phi) is 4.24. The van der Waals surface area contributed by atoms with Gasteiger partial charge in [0.1, 0.15) is 11.6 Å². The number of hydrogen-bond acceptors (Lipinski definition) is 3. The van der Waals surface area contributed by atoms with E-state index in [2.05, 4.69) is 5.32 Å². The maximum absolute atomic E-state index is 13.2. The molecule has 0 aliphatic rings. The van der Waals surface area contributed by atoms with E-state index in [0.29, 0.717) is 11.3 Å². The molecule has 0 saturated heterocycles. The van der Waals surface area contributed by atoms with Crippen LogP contribution in [0.15, 0.2) is 47.4 Å². The molecule has 1 unspecified atom stereocenters. The van der Waals surface area contributed by atoms with Gasteiger partial charge >= 0.3 is 0 Å². The number of sulfonamides is 1. The molecule has 0 fully saturated rings. The van der Waals surface area contributed by atoms with Crippen molar-refractivity contribution in [3.8, 4) is 0 Å². The van der Waals surface area contributed by atoms with E-state index < -0.39 is 21.7 Å². The third-order valence-corrected chi connectivity index (χ3v) is 3.88. The van der Waals surface area contributed by atoms with E-state index >= 15 is 0 Å². The molecule has 0 amide bonds. The number of benzene rings is 2. The van der Waals surface area contributed by atoms with Crippen molar-refractivity contribution in [1.29, 1.82) is 0 Å². The Morgan fingerprint density at radius 3 is 2.05 bits per heavy atom. The van der Waals surface area contributed by atoms with Crippen molar-refractivity contribution >= 4 is 15.7 Å². The van der Waals surface area contributed by atoms with E-state index in [1.54, 1.807) is 6.92 Å². The standard InChI is InChI=1S/C14H14F2N2O2S/c1-9(10-6-11(15)8-12(16)7-10)18-13-2-4-14(5-3-13)21(17,19)20/h2-9,18H,1H3,(H2,17,19,20). The minimum absolute atomic E-state index is 0.00231. The van der Waals surface area contributed by atoms with Crippen molar-refractivity contribution in [3.05, 3.63) is 59.7 Å². The van der Waals surface area contributed by atoms with Crippen molar-refractivity contribution in [2.45, 2.75) is 17.9 Å². The molecule has 112 valence electrons. The summed E-state index contributed by atoms with van der Waals surface area (Å²) in [5.41, 5.74) is 1.06. The van der Waals surface area contributed by atoms with E-state index in [9.17, 15) is 17.2 Å². The minimum Gasteiger partial charge on any atom is -0.379 e. The highest BCUT2D eigenvalue weighted by atomic mass is 32.2. The van der Waals surface area contributed by atoms with Gasteiger partial charge in [0.2, 0.25) is 10.0 Å². The normalized spacial score (nSPS) is 13.0. The SMILES string of the molecule is CC(Nc1ccc(S(N)(=O)=O)cc1)c1cc(F)cc(F)c1. The molecule has 1 atom stereocenters. The zero-order valence-electron chi connectivity index (χ0n) is 11.2. The molecule has 0 heterocycles. The zero-order chi connectivity index (χ0) is 15.6. The molecule has 2 aromatic carbocycles. The van der Waals surface area contributed by atoms with Crippen molar-refractivity contribution in [2.24, 2.45) is 5.14 Å². The summed E-state index contributed by atoms with van der Waals surface area (Å²) >= 11 is 0. The fraction of sp³-hybridized carbons (Fsp3) is 0.143. The van der Waals surface area contributed by atoms with Crippen LogP contribution in [-0.4, -0.2) is 8.42 Å². The topological polar surface area (TPSA) is 72.2 Å². The largest absolute Gasteiger partial charge is 0.379 e. The molecule has 4 nitrogen and oxygen atoms in total. The van der Waals surface area contributed by atoms with E-state index in [4.69, 9.17) is 5.14 Å². The second kappa shape index (κ2) is 5.79. The van der Waals surface area contributed by atoms with Gasteiger partial charge in [-0.05, 0) is 48.9 Å². The number of nitrogens with one attached hydrogen (secondary N) is 1. The molecule has 7 heteroatoms. The van der Waals surface area contributed by atoms with E-state index in [0.717, 1.165) is 6.07 Å². The summed E-state index contributed by atoms with van der Waals surface area (Å²) in [7, 11) is -3.74. The first-order chi connectivity index (χ1) is 9.75. The minimum atomic E-state index is -3.74. The first kappa shape index (κ1) is 15.4. The lowest BCUT2D eigenvalue weighted by atomic mass is 10.1. The Morgan fingerprint density at radius 2 is 1.57 bits per heavy atom. The van der Waals surface area contributed by atoms with Gasteiger partial charge in [-0.15, -0.1) is 0 Å². The van der Waals surface area contributed by atoms with Gasteiger partial charge in [0, 0.05) is 17.8 Å². The molecule has 0 aromatic heterocycles. The van der Waals surface area contributed by atoms with Crippen molar-refractivity contribution in [2.75, 3.05) is 5.32 Å². The van der Waals surface area contributed by atoms with Crippen LogP contribution >= 0.6 is 0 Å². The van der Waals surface area contributed by atoms with Crippen molar-refractivity contribution in [3.63, 3.8) is 0 Å². The molecular formula is C14H14F2N2O2S. The van der Waals surface area contributed by atoms with Gasteiger partial charge in [-0.2, -0.15) is 0 Å². The Balaban J connectivity index is 2.17. The summed E-state index contributed by atoms with van der Waals surface area (Å²) in [6.45, 7) is 1.74. The summed E-state index contributed by atoms with van der Waals surface area (Å²) in [5, 5.41) is 8.02. The highest BCUT2D eigenvalue weighted by Crippen LogP contribution is 2.22. The van der Waals surface area contributed by atoms with Gasteiger partial charge in [-0.25, -0.2) is 22.3 Å². The summed E-state index contributed by atoms with van der Waals surface area (Å²) in [6.07, 6.45) is 0. The molecule has 2 aromatic rings. The van der Waals surface area contributed by atoms with Crippen LogP contribution in [0.1, 0.15) is 18.5 Å². The van der Waals surface area contributed by atoms with Gasteiger partial charge < -0.3 is 5.32 Å². The average Bonchev–Trinajstić information content (AvgIpc) is 2.37. The fourth-order valence-electron chi connectivity index (χ4n) is 1.90. The van der Waals surface area contributed by atoms with Crippen molar-refractivity contribution < 1.29 is 17.2 Å². The van der Waals surface area contributed by atoms with Crippen molar-refractivity contribution in [1.82, 2.24) is 0 Å².